The van der Waals surface area contributed by atoms with E-state index in [1.165, 1.54) is 19.2 Å². The number of carboxylic acid groups (broad SMARTS) is 1. The molecule has 142 valence electrons. The molecule has 0 aliphatic carbocycles. The lowest BCUT2D eigenvalue weighted by Crippen LogP contribution is -2.13. The molecule has 2 aromatic rings. The molecule has 1 aliphatic heterocycles. The van der Waals surface area contributed by atoms with Crippen molar-refractivity contribution in [3.63, 3.8) is 0 Å². The number of nitrogens with one attached hydrogen (secondary N) is 1. The minimum absolute atomic E-state index is 0.0257. The van der Waals surface area contributed by atoms with Gasteiger partial charge in [0.05, 0.1) is 12.7 Å². The lowest BCUT2D eigenvalue weighted by atomic mass is 10.0. The number of aryl methyl sites for hydroxylation is 1. The molecule has 27 heavy (non-hydrogen) atoms. The van der Waals surface area contributed by atoms with E-state index in [4.69, 9.17) is 14.2 Å². The van der Waals surface area contributed by atoms with Crippen LogP contribution in [0, 0.1) is 13.8 Å². The van der Waals surface area contributed by atoms with Gasteiger partial charge in [-0.3, -0.25) is 0 Å². The van der Waals surface area contributed by atoms with Crippen LogP contribution in [0.4, 0.5) is 0 Å². The van der Waals surface area contributed by atoms with Gasteiger partial charge in [-0.15, -0.1) is 0 Å². The Morgan fingerprint density at radius 3 is 2.48 bits per heavy atom. The summed E-state index contributed by atoms with van der Waals surface area (Å²) in [6, 6.07) is 2.75. The van der Waals surface area contributed by atoms with Gasteiger partial charge in [0.1, 0.15) is 22.6 Å². The summed E-state index contributed by atoms with van der Waals surface area (Å²) in [5.41, 5.74) is 1.11. The molecule has 0 unspecified atom stereocenters. The smallest absolute Gasteiger partial charge is 0.347 e. The third kappa shape index (κ3) is 2.93. The number of esters is 1. The first-order valence-corrected chi connectivity index (χ1v) is 8.15. The Hall–Kier alpha value is -3.26. The molecule has 0 atom stereocenters. The number of benzene rings is 2. The number of phenols is 1. The van der Waals surface area contributed by atoms with Gasteiger partial charge in [-0.1, -0.05) is 0 Å². The Morgan fingerprint density at radius 2 is 1.89 bits per heavy atom. The number of ether oxygens (including phenoxy) is 3. The fourth-order valence-corrected chi connectivity index (χ4v) is 3.07. The van der Waals surface area contributed by atoms with Crippen molar-refractivity contribution in [3.8, 4) is 28.7 Å². The Morgan fingerprint density at radius 1 is 1.19 bits per heavy atom. The molecule has 3 N–H and O–H groups in total. The number of carboxylic acids is 1. The molecule has 3 rings (SSSR count). The number of fused-ring (bicyclic) bond motifs is 2. The fraction of sp³-hybridized carbons (Fsp3) is 0.263. The Bertz CT molecular complexity index is 966. The predicted octanol–water partition coefficient (Wildman–Crippen LogP) is 2.76. The van der Waals surface area contributed by atoms with Crippen LogP contribution in [-0.4, -0.2) is 36.3 Å². The zero-order chi connectivity index (χ0) is 19.9. The van der Waals surface area contributed by atoms with Crippen LogP contribution in [0.15, 0.2) is 12.1 Å². The van der Waals surface area contributed by atoms with E-state index in [1.54, 1.807) is 20.9 Å². The standard InChI is InChI=1S/C19H19NO7/c1-8-5-12(21)11(7-20-3)16-14(8)19(24)27-15-9(2)13(25-4)6-10(18(22)23)17(15)26-16/h5-6,20-21H,7H2,1-4H3,(H,22,23). The fourth-order valence-electron chi connectivity index (χ4n) is 3.07. The van der Waals surface area contributed by atoms with E-state index in [0.29, 0.717) is 16.7 Å². The number of methoxy groups -OCH3 is 1. The highest BCUT2D eigenvalue weighted by atomic mass is 16.6. The molecule has 0 spiro atoms. The van der Waals surface area contributed by atoms with Crippen molar-refractivity contribution in [1.82, 2.24) is 5.32 Å². The number of aromatic carboxylic acids is 1. The van der Waals surface area contributed by atoms with Crippen LogP contribution in [0.2, 0.25) is 0 Å². The molecular formula is C19H19NO7. The van der Waals surface area contributed by atoms with Crippen LogP contribution in [0.5, 0.6) is 28.7 Å². The third-order valence-electron chi connectivity index (χ3n) is 4.40. The maximum atomic E-state index is 12.8. The molecule has 0 saturated heterocycles. The SMILES string of the molecule is CNCc1c(O)cc(C)c2c1Oc1c(C(=O)O)cc(OC)c(C)c1OC2=O. The van der Waals surface area contributed by atoms with Crippen LogP contribution in [0.3, 0.4) is 0 Å². The summed E-state index contributed by atoms with van der Waals surface area (Å²) in [6.45, 7) is 3.47. The van der Waals surface area contributed by atoms with Crippen LogP contribution in [-0.2, 0) is 6.54 Å². The maximum absolute atomic E-state index is 12.8. The summed E-state index contributed by atoms with van der Waals surface area (Å²) in [6.07, 6.45) is 0. The number of rotatable bonds is 4. The molecule has 0 fully saturated rings. The van der Waals surface area contributed by atoms with Gasteiger partial charge in [0.25, 0.3) is 0 Å². The second-order valence-corrected chi connectivity index (χ2v) is 6.13. The molecule has 0 bridgehead atoms. The molecule has 8 heteroatoms. The van der Waals surface area contributed by atoms with Gasteiger partial charge in [-0.2, -0.15) is 0 Å². The molecule has 0 radical (unpaired) electrons. The number of aromatic hydroxyl groups is 1. The summed E-state index contributed by atoms with van der Waals surface area (Å²) < 4.78 is 16.6. The van der Waals surface area contributed by atoms with E-state index in [9.17, 15) is 19.8 Å². The first-order valence-electron chi connectivity index (χ1n) is 8.15. The number of carbonyl (C=O) groups is 2. The normalized spacial score (nSPS) is 12.4. The first kappa shape index (κ1) is 18.5. The van der Waals surface area contributed by atoms with E-state index in [2.05, 4.69) is 5.32 Å². The van der Waals surface area contributed by atoms with E-state index in [1.807, 2.05) is 0 Å². The van der Waals surface area contributed by atoms with Gasteiger partial charge in [-0.05, 0) is 38.6 Å². The molecule has 8 nitrogen and oxygen atoms in total. The molecule has 0 amide bonds. The number of hydrogen-bond acceptors (Lipinski definition) is 7. The average molecular weight is 373 g/mol. The molecule has 1 aliphatic rings. The largest absolute Gasteiger partial charge is 0.507 e. The quantitative estimate of drug-likeness (QED) is 0.554. The summed E-state index contributed by atoms with van der Waals surface area (Å²) in [7, 11) is 3.06. The van der Waals surface area contributed by atoms with E-state index in [-0.39, 0.29) is 46.4 Å². The van der Waals surface area contributed by atoms with Gasteiger partial charge < -0.3 is 29.7 Å². The van der Waals surface area contributed by atoms with Crippen molar-refractivity contribution in [3.05, 3.63) is 39.9 Å². The number of hydrogen-bond donors (Lipinski definition) is 3. The van der Waals surface area contributed by atoms with Crippen LogP contribution < -0.4 is 19.5 Å². The average Bonchev–Trinajstić information content (AvgIpc) is 2.75. The summed E-state index contributed by atoms with van der Waals surface area (Å²) in [4.78, 5) is 24.6. The highest BCUT2D eigenvalue weighted by Gasteiger charge is 2.33. The molecule has 2 aromatic carbocycles. The Kier molecular flexibility index (Phi) is 4.67. The number of carbonyl (C=O) groups excluding carboxylic acids is 1. The lowest BCUT2D eigenvalue weighted by molar-refractivity contribution is 0.0685. The second kappa shape index (κ2) is 6.81. The third-order valence-corrected chi connectivity index (χ3v) is 4.40. The van der Waals surface area contributed by atoms with Gasteiger partial charge in [0.2, 0.25) is 0 Å². The summed E-state index contributed by atoms with van der Waals surface area (Å²) in [5, 5.41) is 22.8. The van der Waals surface area contributed by atoms with E-state index in [0.717, 1.165) is 0 Å². The van der Waals surface area contributed by atoms with Crippen molar-refractivity contribution >= 4 is 11.9 Å². The zero-order valence-corrected chi connectivity index (χ0v) is 15.3. The second-order valence-electron chi connectivity index (χ2n) is 6.13. The maximum Gasteiger partial charge on any atom is 0.347 e. The van der Waals surface area contributed by atoms with Crippen molar-refractivity contribution in [1.29, 1.82) is 0 Å². The van der Waals surface area contributed by atoms with Crippen molar-refractivity contribution in [2.45, 2.75) is 20.4 Å². The van der Waals surface area contributed by atoms with Gasteiger partial charge in [0.15, 0.2) is 17.2 Å². The van der Waals surface area contributed by atoms with Crippen LogP contribution >= 0.6 is 0 Å². The lowest BCUT2D eigenvalue weighted by Gasteiger charge is -2.17. The van der Waals surface area contributed by atoms with Crippen molar-refractivity contribution in [2.24, 2.45) is 0 Å². The van der Waals surface area contributed by atoms with Gasteiger partial charge in [-0.25, -0.2) is 9.59 Å². The van der Waals surface area contributed by atoms with Crippen molar-refractivity contribution in [2.75, 3.05) is 14.2 Å². The topological polar surface area (TPSA) is 114 Å². The molecule has 1 heterocycles. The molecule has 0 aromatic heterocycles. The molecule has 0 saturated carbocycles. The van der Waals surface area contributed by atoms with E-state index >= 15 is 0 Å². The minimum Gasteiger partial charge on any atom is -0.507 e. The predicted molar refractivity (Wildman–Crippen MR) is 95.3 cm³/mol. The Labute approximate surface area is 155 Å². The summed E-state index contributed by atoms with van der Waals surface area (Å²) >= 11 is 0. The highest BCUT2D eigenvalue weighted by molar-refractivity contribution is 6.00. The first-order chi connectivity index (χ1) is 12.8. The minimum atomic E-state index is -1.27. The van der Waals surface area contributed by atoms with E-state index < -0.39 is 11.9 Å². The van der Waals surface area contributed by atoms with Gasteiger partial charge in [0, 0.05) is 12.1 Å². The van der Waals surface area contributed by atoms with Gasteiger partial charge >= 0.3 is 11.9 Å². The van der Waals surface area contributed by atoms with Crippen LogP contribution in [0.1, 0.15) is 37.4 Å². The highest BCUT2D eigenvalue weighted by Crippen LogP contribution is 2.48. The zero-order valence-electron chi connectivity index (χ0n) is 15.3. The molecular weight excluding hydrogens is 354 g/mol. The van der Waals surface area contributed by atoms with Crippen LogP contribution in [0.25, 0.3) is 0 Å². The number of phenolic OH excluding ortho intramolecular Hbond substituents is 1. The van der Waals surface area contributed by atoms with Crippen molar-refractivity contribution < 1.29 is 34.0 Å². The Balaban J connectivity index is 2.36. The monoisotopic (exact) mass is 373 g/mol. The summed E-state index contributed by atoms with van der Waals surface area (Å²) in [5.74, 6) is -1.86.